The summed E-state index contributed by atoms with van der Waals surface area (Å²) in [6, 6.07) is 3.33. The third-order valence-corrected chi connectivity index (χ3v) is 2.50. The van der Waals surface area contributed by atoms with Gasteiger partial charge in [0.25, 0.3) is 0 Å². The molecule has 1 heterocycles. The van der Waals surface area contributed by atoms with Gasteiger partial charge >= 0.3 is 5.97 Å². The Hall–Kier alpha value is -1.23. The number of ether oxygens (including phenoxy) is 1. The molecule has 0 spiro atoms. The Morgan fingerprint density at radius 1 is 1.60 bits per heavy atom. The van der Waals surface area contributed by atoms with Crippen LogP contribution in [0.5, 0.6) is 0 Å². The zero-order chi connectivity index (χ0) is 11.1. The van der Waals surface area contributed by atoms with Crippen molar-refractivity contribution in [2.75, 3.05) is 12.4 Å². The van der Waals surface area contributed by atoms with Gasteiger partial charge in [-0.3, -0.25) is 9.59 Å². The highest BCUT2D eigenvalue weighted by Crippen LogP contribution is 2.14. The van der Waals surface area contributed by atoms with Crippen LogP contribution in [0, 0.1) is 0 Å². The van der Waals surface area contributed by atoms with Gasteiger partial charge < -0.3 is 9.15 Å². The molecule has 82 valence electrons. The van der Waals surface area contributed by atoms with Gasteiger partial charge in [0.15, 0.2) is 12.0 Å². The molecular weight excluding hydrogens is 216 g/mol. The number of carbonyl (C=O) groups excluding carboxylic acids is 2. The summed E-state index contributed by atoms with van der Waals surface area (Å²) in [5.41, 5.74) is 0. The minimum absolute atomic E-state index is 0.232. The second-order valence-electron chi connectivity index (χ2n) is 2.72. The molecule has 4 nitrogen and oxygen atoms in total. The first-order valence-electron chi connectivity index (χ1n) is 4.53. The molecule has 0 radical (unpaired) electrons. The number of thioether (sulfide) groups is 1. The van der Waals surface area contributed by atoms with Gasteiger partial charge in [-0.05, 0) is 19.1 Å². The normalized spacial score (nSPS) is 9.93. The van der Waals surface area contributed by atoms with E-state index in [1.807, 2.05) is 0 Å². The number of furan rings is 1. The Bertz CT molecular complexity index is 332. The van der Waals surface area contributed by atoms with E-state index < -0.39 is 0 Å². The highest BCUT2D eigenvalue weighted by Gasteiger charge is 2.04. The molecular formula is C10H12O4S. The van der Waals surface area contributed by atoms with Crippen molar-refractivity contribution < 1.29 is 18.7 Å². The molecule has 0 amide bonds. The minimum Gasteiger partial charge on any atom is -0.465 e. The smallest absolute Gasteiger partial charge is 0.315 e. The van der Waals surface area contributed by atoms with Gasteiger partial charge in [0.2, 0.25) is 0 Å². The fourth-order valence-electron chi connectivity index (χ4n) is 0.973. The van der Waals surface area contributed by atoms with E-state index in [0.29, 0.717) is 35.9 Å². The van der Waals surface area contributed by atoms with E-state index in [0.717, 1.165) is 0 Å². The van der Waals surface area contributed by atoms with Crippen LogP contribution in [0.25, 0.3) is 0 Å². The Morgan fingerprint density at radius 2 is 2.40 bits per heavy atom. The van der Waals surface area contributed by atoms with Crippen LogP contribution in [0.2, 0.25) is 0 Å². The predicted molar refractivity (Wildman–Crippen MR) is 56.9 cm³/mol. The molecule has 0 aromatic carbocycles. The van der Waals surface area contributed by atoms with Crippen LogP contribution in [0.4, 0.5) is 0 Å². The highest BCUT2D eigenvalue weighted by atomic mass is 32.2. The monoisotopic (exact) mass is 228 g/mol. The predicted octanol–water partition coefficient (Wildman–Crippen LogP) is 1.89. The second kappa shape index (κ2) is 6.29. The summed E-state index contributed by atoms with van der Waals surface area (Å²) >= 11 is 1.39. The van der Waals surface area contributed by atoms with Gasteiger partial charge in [0.1, 0.15) is 5.76 Å². The van der Waals surface area contributed by atoms with Crippen molar-refractivity contribution in [1.82, 2.24) is 0 Å². The molecule has 1 aromatic rings. The fraction of sp³-hybridized carbons (Fsp3) is 0.400. The van der Waals surface area contributed by atoms with Crippen LogP contribution in [0.15, 0.2) is 16.5 Å². The summed E-state index contributed by atoms with van der Waals surface area (Å²) in [6.07, 6.45) is 0.652. The van der Waals surface area contributed by atoms with Crippen molar-refractivity contribution in [3.8, 4) is 0 Å². The third-order valence-electron chi connectivity index (χ3n) is 1.57. The Kier molecular flexibility index (Phi) is 4.97. The lowest BCUT2D eigenvalue weighted by Gasteiger charge is -1.99. The van der Waals surface area contributed by atoms with Crippen LogP contribution < -0.4 is 0 Å². The van der Waals surface area contributed by atoms with E-state index in [1.54, 1.807) is 19.1 Å². The molecule has 0 bridgehead atoms. The van der Waals surface area contributed by atoms with Gasteiger partial charge in [0, 0.05) is 0 Å². The van der Waals surface area contributed by atoms with E-state index in [4.69, 9.17) is 9.15 Å². The molecule has 0 aliphatic carbocycles. The van der Waals surface area contributed by atoms with Gasteiger partial charge in [-0.2, -0.15) is 0 Å². The Morgan fingerprint density at radius 3 is 3.00 bits per heavy atom. The number of carbonyl (C=O) groups is 2. The van der Waals surface area contributed by atoms with Crippen LogP contribution in [0.3, 0.4) is 0 Å². The largest absolute Gasteiger partial charge is 0.465 e. The van der Waals surface area contributed by atoms with Crippen molar-refractivity contribution in [2.45, 2.75) is 12.7 Å². The van der Waals surface area contributed by atoms with Crippen molar-refractivity contribution >= 4 is 24.0 Å². The van der Waals surface area contributed by atoms with Gasteiger partial charge in [-0.1, -0.05) is 0 Å². The van der Waals surface area contributed by atoms with Crippen molar-refractivity contribution in [1.29, 1.82) is 0 Å². The standard InChI is InChI=1S/C10H12O4S/c1-2-13-10(12)7-15-6-9-4-3-8(5-11)14-9/h3-5H,2,6-7H2,1H3. The zero-order valence-electron chi connectivity index (χ0n) is 8.39. The molecule has 5 heteroatoms. The summed E-state index contributed by atoms with van der Waals surface area (Å²) in [5, 5.41) is 0. The molecule has 0 aliphatic rings. The molecule has 0 N–H and O–H groups in total. The van der Waals surface area contributed by atoms with Crippen LogP contribution in [-0.4, -0.2) is 24.6 Å². The molecule has 0 unspecified atom stereocenters. The summed E-state index contributed by atoms with van der Waals surface area (Å²) in [6.45, 7) is 2.17. The molecule has 15 heavy (non-hydrogen) atoms. The molecule has 1 rings (SSSR count). The number of aldehydes is 1. The summed E-state index contributed by atoms with van der Waals surface area (Å²) in [4.78, 5) is 21.3. The lowest BCUT2D eigenvalue weighted by Crippen LogP contribution is -2.06. The van der Waals surface area contributed by atoms with E-state index in [2.05, 4.69) is 0 Å². The van der Waals surface area contributed by atoms with Crippen LogP contribution >= 0.6 is 11.8 Å². The summed E-state index contributed by atoms with van der Waals surface area (Å²) in [7, 11) is 0. The van der Waals surface area contributed by atoms with Gasteiger partial charge in [0.05, 0.1) is 18.1 Å². The Labute approximate surface area is 92.0 Å². The first-order chi connectivity index (χ1) is 7.26. The average molecular weight is 228 g/mol. The quantitative estimate of drug-likeness (QED) is 0.549. The first kappa shape index (κ1) is 11.8. The second-order valence-corrected chi connectivity index (χ2v) is 3.71. The van der Waals surface area contributed by atoms with Crippen LogP contribution in [-0.2, 0) is 15.3 Å². The van der Waals surface area contributed by atoms with E-state index in [1.165, 1.54) is 11.8 Å². The van der Waals surface area contributed by atoms with Gasteiger partial charge in [-0.15, -0.1) is 11.8 Å². The summed E-state index contributed by atoms with van der Waals surface area (Å²) < 4.78 is 9.89. The molecule has 0 fully saturated rings. The topological polar surface area (TPSA) is 56.5 Å². The average Bonchev–Trinajstić information content (AvgIpc) is 2.66. The van der Waals surface area contributed by atoms with Crippen molar-refractivity contribution in [2.24, 2.45) is 0 Å². The van der Waals surface area contributed by atoms with Crippen molar-refractivity contribution in [3.63, 3.8) is 0 Å². The van der Waals surface area contributed by atoms with Crippen molar-refractivity contribution in [3.05, 3.63) is 23.7 Å². The summed E-state index contributed by atoms with van der Waals surface area (Å²) in [5.74, 6) is 1.62. The number of hydrogen-bond acceptors (Lipinski definition) is 5. The maximum absolute atomic E-state index is 11.0. The Balaban J connectivity index is 2.25. The number of hydrogen-bond donors (Lipinski definition) is 0. The zero-order valence-corrected chi connectivity index (χ0v) is 9.21. The van der Waals surface area contributed by atoms with Crippen LogP contribution in [0.1, 0.15) is 23.2 Å². The molecule has 0 atom stereocenters. The van der Waals surface area contributed by atoms with E-state index in [9.17, 15) is 9.59 Å². The first-order valence-corrected chi connectivity index (χ1v) is 5.69. The van der Waals surface area contributed by atoms with E-state index >= 15 is 0 Å². The van der Waals surface area contributed by atoms with E-state index in [-0.39, 0.29) is 5.97 Å². The number of rotatable bonds is 6. The lowest BCUT2D eigenvalue weighted by molar-refractivity contribution is -0.139. The molecule has 0 saturated carbocycles. The maximum atomic E-state index is 11.0. The minimum atomic E-state index is -0.232. The maximum Gasteiger partial charge on any atom is 0.315 e. The highest BCUT2D eigenvalue weighted by molar-refractivity contribution is 7.99. The SMILES string of the molecule is CCOC(=O)CSCc1ccc(C=O)o1. The lowest BCUT2D eigenvalue weighted by atomic mass is 10.4. The third kappa shape index (κ3) is 4.20. The number of esters is 1. The molecule has 1 aromatic heterocycles. The van der Waals surface area contributed by atoms with Gasteiger partial charge in [-0.25, -0.2) is 0 Å². The molecule has 0 aliphatic heterocycles. The fourth-order valence-corrected chi connectivity index (χ4v) is 1.68. The molecule has 0 saturated heterocycles.